The van der Waals surface area contributed by atoms with Crippen molar-refractivity contribution in [3.63, 3.8) is 0 Å². The molecule has 0 saturated carbocycles. The van der Waals surface area contributed by atoms with Crippen LogP contribution in [0.1, 0.15) is 20.9 Å². The van der Waals surface area contributed by atoms with E-state index in [-0.39, 0.29) is 5.76 Å². The monoisotopic (exact) mass is 366 g/mol. The van der Waals surface area contributed by atoms with E-state index in [1.807, 2.05) is 0 Å². The summed E-state index contributed by atoms with van der Waals surface area (Å²) in [5, 5.41) is 5.46. The Balaban J connectivity index is 1.82. The first-order chi connectivity index (χ1) is 13.1. The molecule has 1 heterocycles. The normalized spacial score (nSPS) is 10.1. The molecule has 0 radical (unpaired) electrons. The summed E-state index contributed by atoms with van der Waals surface area (Å²) in [6.45, 7) is 0. The van der Waals surface area contributed by atoms with E-state index in [1.165, 1.54) is 13.4 Å². The molecule has 0 bridgehead atoms. The minimum Gasteiger partial charge on any atom is -0.497 e. The fourth-order valence-electron chi connectivity index (χ4n) is 2.47. The second-order valence-corrected chi connectivity index (χ2v) is 5.50. The third-order valence-corrected chi connectivity index (χ3v) is 3.82. The van der Waals surface area contributed by atoms with Gasteiger partial charge in [-0.3, -0.25) is 9.59 Å². The van der Waals surface area contributed by atoms with Gasteiger partial charge in [0.15, 0.2) is 5.76 Å². The zero-order chi connectivity index (χ0) is 19.2. The van der Waals surface area contributed by atoms with Crippen LogP contribution in [-0.2, 0) is 0 Å². The van der Waals surface area contributed by atoms with E-state index >= 15 is 0 Å². The van der Waals surface area contributed by atoms with Crippen LogP contribution < -0.4 is 20.1 Å². The Morgan fingerprint density at radius 3 is 2.33 bits per heavy atom. The number of nitrogens with one attached hydrogen (secondary N) is 2. The van der Waals surface area contributed by atoms with E-state index in [9.17, 15) is 9.59 Å². The van der Waals surface area contributed by atoms with Crippen LogP contribution in [0.2, 0.25) is 0 Å². The molecule has 7 nitrogen and oxygen atoms in total. The molecule has 2 aromatic carbocycles. The summed E-state index contributed by atoms with van der Waals surface area (Å²) in [6.07, 6.45) is 1.41. The maximum atomic E-state index is 12.8. The molecule has 1 aromatic heterocycles. The van der Waals surface area contributed by atoms with Gasteiger partial charge >= 0.3 is 0 Å². The molecule has 0 spiro atoms. The van der Waals surface area contributed by atoms with E-state index in [2.05, 4.69) is 10.6 Å². The summed E-state index contributed by atoms with van der Waals surface area (Å²) < 4.78 is 15.5. The quantitative estimate of drug-likeness (QED) is 0.692. The standard InChI is InChI=1S/C20H18N2O5/c1-25-13-9-10-16(18(12-13)26-2)22-19(23)14-6-3-4-7-15(14)21-20(24)17-8-5-11-27-17/h3-12H,1-2H3,(H,21,24)(H,22,23). The molecule has 3 rings (SSSR count). The number of amides is 2. The number of furan rings is 1. The first-order valence-electron chi connectivity index (χ1n) is 8.09. The maximum absolute atomic E-state index is 12.8. The van der Waals surface area contributed by atoms with Crippen molar-refractivity contribution in [3.05, 3.63) is 72.2 Å². The van der Waals surface area contributed by atoms with Gasteiger partial charge in [-0.1, -0.05) is 12.1 Å². The molecule has 7 heteroatoms. The maximum Gasteiger partial charge on any atom is 0.291 e. The molecule has 3 aromatic rings. The number of benzene rings is 2. The highest BCUT2D eigenvalue weighted by Gasteiger charge is 2.17. The first kappa shape index (κ1) is 18.1. The molecule has 0 fully saturated rings. The number of para-hydroxylation sites is 1. The Hall–Kier alpha value is -3.74. The molecule has 2 amide bonds. The number of anilines is 2. The summed E-state index contributed by atoms with van der Waals surface area (Å²) in [4.78, 5) is 25.0. The van der Waals surface area contributed by atoms with E-state index < -0.39 is 11.8 Å². The molecule has 0 aliphatic heterocycles. The summed E-state index contributed by atoms with van der Waals surface area (Å²) in [5.41, 5.74) is 1.15. The summed E-state index contributed by atoms with van der Waals surface area (Å²) in [7, 11) is 3.05. The number of carbonyl (C=O) groups is 2. The Labute approximate surface area is 155 Å². The van der Waals surface area contributed by atoms with Gasteiger partial charge in [0.05, 0.1) is 37.4 Å². The second kappa shape index (κ2) is 8.09. The Morgan fingerprint density at radius 2 is 1.63 bits per heavy atom. The smallest absolute Gasteiger partial charge is 0.291 e. The van der Waals surface area contributed by atoms with E-state index in [1.54, 1.807) is 61.7 Å². The SMILES string of the molecule is COc1ccc(NC(=O)c2ccccc2NC(=O)c2ccco2)c(OC)c1. The molecule has 0 aliphatic rings. The van der Waals surface area contributed by atoms with Crippen molar-refractivity contribution in [3.8, 4) is 11.5 Å². The van der Waals surface area contributed by atoms with Gasteiger partial charge in [0, 0.05) is 6.07 Å². The Morgan fingerprint density at radius 1 is 0.852 bits per heavy atom. The van der Waals surface area contributed by atoms with Gasteiger partial charge in [0.1, 0.15) is 11.5 Å². The van der Waals surface area contributed by atoms with Crippen molar-refractivity contribution < 1.29 is 23.5 Å². The zero-order valence-corrected chi connectivity index (χ0v) is 14.8. The molecule has 138 valence electrons. The minimum atomic E-state index is -0.442. The van der Waals surface area contributed by atoms with Crippen LogP contribution in [0.25, 0.3) is 0 Å². The average Bonchev–Trinajstić information content (AvgIpc) is 3.23. The van der Waals surface area contributed by atoms with Gasteiger partial charge in [0.25, 0.3) is 11.8 Å². The van der Waals surface area contributed by atoms with Gasteiger partial charge < -0.3 is 24.5 Å². The van der Waals surface area contributed by atoms with Crippen LogP contribution >= 0.6 is 0 Å². The third kappa shape index (κ3) is 4.09. The molecule has 0 atom stereocenters. The predicted molar refractivity (Wildman–Crippen MR) is 101 cm³/mol. The lowest BCUT2D eigenvalue weighted by Crippen LogP contribution is -2.18. The lowest BCUT2D eigenvalue weighted by atomic mass is 10.1. The molecule has 0 saturated heterocycles. The number of carbonyl (C=O) groups excluding carboxylic acids is 2. The molecule has 0 unspecified atom stereocenters. The first-order valence-corrected chi connectivity index (χ1v) is 8.09. The van der Waals surface area contributed by atoms with Crippen LogP contribution in [0.5, 0.6) is 11.5 Å². The van der Waals surface area contributed by atoms with Gasteiger partial charge in [-0.15, -0.1) is 0 Å². The Kier molecular flexibility index (Phi) is 5.41. The van der Waals surface area contributed by atoms with Crippen LogP contribution in [0, 0.1) is 0 Å². The van der Waals surface area contributed by atoms with Crippen molar-refractivity contribution in [2.24, 2.45) is 0 Å². The molecule has 27 heavy (non-hydrogen) atoms. The predicted octanol–water partition coefficient (Wildman–Crippen LogP) is 3.80. The fraction of sp³-hybridized carbons (Fsp3) is 0.100. The minimum absolute atomic E-state index is 0.155. The number of hydrogen-bond donors (Lipinski definition) is 2. The third-order valence-electron chi connectivity index (χ3n) is 3.82. The topological polar surface area (TPSA) is 89.8 Å². The van der Waals surface area contributed by atoms with E-state index in [4.69, 9.17) is 13.9 Å². The molecular weight excluding hydrogens is 348 g/mol. The lowest BCUT2D eigenvalue weighted by Gasteiger charge is -2.13. The van der Waals surface area contributed by atoms with Crippen LogP contribution in [0.3, 0.4) is 0 Å². The van der Waals surface area contributed by atoms with E-state index in [0.29, 0.717) is 28.4 Å². The lowest BCUT2D eigenvalue weighted by molar-refractivity contribution is 0.0996. The van der Waals surface area contributed by atoms with Gasteiger partial charge in [-0.05, 0) is 36.4 Å². The highest BCUT2D eigenvalue weighted by Crippen LogP contribution is 2.30. The van der Waals surface area contributed by atoms with Gasteiger partial charge in [-0.25, -0.2) is 0 Å². The summed E-state index contributed by atoms with van der Waals surface area (Å²) in [5.74, 6) is 0.383. The van der Waals surface area contributed by atoms with Crippen LogP contribution in [0.4, 0.5) is 11.4 Å². The number of methoxy groups -OCH3 is 2. The molecule has 2 N–H and O–H groups in total. The van der Waals surface area contributed by atoms with Gasteiger partial charge in [0.2, 0.25) is 0 Å². The van der Waals surface area contributed by atoms with Crippen molar-refractivity contribution in [2.75, 3.05) is 24.9 Å². The highest BCUT2D eigenvalue weighted by molar-refractivity contribution is 6.12. The largest absolute Gasteiger partial charge is 0.497 e. The second-order valence-electron chi connectivity index (χ2n) is 5.50. The van der Waals surface area contributed by atoms with Crippen molar-refractivity contribution in [2.45, 2.75) is 0 Å². The van der Waals surface area contributed by atoms with Crippen molar-refractivity contribution in [1.82, 2.24) is 0 Å². The van der Waals surface area contributed by atoms with E-state index in [0.717, 1.165) is 0 Å². The van der Waals surface area contributed by atoms with Gasteiger partial charge in [-0.2, -0.15) is 0 Å². The summed E-state index contributed by atoms with van der Waals surface area (Å²) >= 11 is 0. The number of hydrogen-bond acceptors (Lipinski definition) is 5. The van der Waals surface area contributed by atoms with Crippen molar-refractivity contribution in [1.29, 1.82) is 0 Å². The number of ether oxygens (including phenoxy) is 2. The zero-order valence-electron chi connectivity index (χ0n) is 14.8. The molecule has 0 aliphatic carbocycles. The number of rotatable bonds is 6. The molecular formula is C20H18N2O5. The average molecular weight is 366 g/mol. The summed E-state index contributed by atoms with van der Waals surface area (Å²) in [6, 6.07) is 14.9. The van der Waals surface area contributed by atoms with Crippen molar-refractivity contribution >= 4 is 23.2 Å². The highest BCUT2D eigenvalue weighted by atomic mass is 16.5. The van der Waals surface area contributed by atoms with Crippen LogP contribution in [-0.4, -0.2) is 26.0 Å². The van der Waals surface area contributed by atoms with Crippen LogP contribution in [0.15, 0.2) is 65.3 Å². The fourth-order valence-corrected chi connectivity index (χ4v) is 2.47. The Bertz CT molecular complexity index is 951.